The Labute approximate surface area is 124 Å². The molecule has 0 aromatic heterocycles. The van der Waals surface area contributed by atoms with E-state index >= 15 is 0 Å². The molecule has 0 fully saturated rings. The van der Waals surface area contributed by atoms with Crippen LogP contribution in [0.2, 0.25) is 0 Å². The van der Waals surface area contributed by atoms with Crippen LogP contribution in [0.5, 0.6) is 0 Å². The van der Waals surface area contributed by atoms with Crippen molar-refractivity contribution in [1.82, 2.24) is 10.2 Å². The second-order valence-corrected chi connectivity index (χ2v) is 5.40. The van der Waals surface area contributed by atoms with Crippen LogP contribution in [-0.2, 0) is 4.79 Å². The number of nitrogens with zero attached hydrogens (tertiary/aromatic N) is 1. The number of hydrogen-bond donors (Lipinski definition) is 2. The van der Waals surface area contributed by atoms with E-state index in [0.717, 1.165) is 45.6 Å². The van der Waals surface area contributed by atoms with E-state index in [0.29, 0.717) is 6.42 Å². The highest BCUT2D eigenvalue weighted by atomic mass is 16.4. The van der Waals surface area contributed by atoms with Crippen molar-refractivity contribution in [2.45, 2.75) is 65.2 Å². The van der Waals surface area contributed by atoms with Crippen LogP contribution < -0.4 is 5.32 Å². The van der Waals surface area contributed by atoms with Crippen molar-refractivity contribution < 1.29 is 9.90 Å². The summed E-state index contributed by atoms with van der Waals surface area (Å²) in [5.74, 6) is -0.666. The van der Waals surface area contributed by atoms with Crippen LogP contribution in [0.1, 0.15) is 65.2 Å². The summed E-state index contributed by atoms with van der Waals surface area (Å²) in [5.41, 5.74) is 0. The van der Waals surface area contributed by atoms with E-state index in [-0.39, 0.29) is 0 Å². The molecule has 0 aliphatic rings. The first-order valence-electron chi connectivity index (χ1n) is 8.35. The summed E-state index contributed by atoms with van der Waals surface area (Å²) in [4.78, 5) is 12.8. The normalized spacial score (nSPS) is 11.2. The summed E-state index contributed by atoms with van der Waals surface area (Å²) in [6.07, 6.45) is 8.49. The Morgan fingerprint density at radius 3 is 2.00 bits per heavy atom. The van der Waals surface area contributed by atoms with Crippen LogP contribution in [0.25, 0.3) is 0 Å². The van der Waals surface area contributed by atoms with Gasteiger partial charge in [-0.05, 0) is 32.5 Å². The Hall–Kier alpha value is -0.610. The Morgan fingerprint density at radius 2 is 1.45 bits per heavy atom. The van der Waals surface area contributed by atoms with Crippen LogP contribution in [0.4, 0.5) is 0 Å². The molecule has 0 saturated carbocycles. The number of likely N-dealkylation sites (N-methyl/N-ethyl adjacent to an activating group) is 1. The molecule has 0 saturated heterocycles. The van der Waals surface area contributed by atoms with E-state index in [1.165, 1.54) is 32.1 Å². The van der Waals surface area contributed by atoms with E-state index in [1.54, 1.807) is 0 Å². The van der Waals surface area contributed by atoms with Crippen molar-refractivity contribution in [3.8, 4) is 0 Å². The van der Waals surface area contributed by atoms with Gasteiger partial charge in [-0.15, -0.1) is 0 Å². The zero-order valence-electron chi connectivity index (χ0n) is 13.5. The number of rotatable bonds is 15. The van der Waals surface area contributed by atoms with Gasteiger partial charge in [-0.3, -0.25) is 4.79 Å². The number of nitrogens with one attached hydrogen (secondary N) is 1. The molecule has 0 heterocycles. The number of aliphatic carboxylic acids is 1. The summed E-state index contributed by atoms with van der Waals surface area (Å²) < 4.78 is 0. The summed E-state index contributed by atoms with van der Waals surface area (Å²) in [5, 5.41) is 12.0. The van der Waals surface area contributed by atoms with Gasteiger partial charge in [0.2, 0.25) is 0 Å². The van der Waals surface area contributed by atoms with E-state index in [9.17, 15) is 4.79 Å². The lowest BCUT2D eigenvalue weighted by Crippen LogP contribution is -2.32. The molecule has 0 aliphatic heterocycles. The van der Waals surface area contributed by atoms with Crippen molar-refractivity contribution >= 4 is 5.97 Å². The highest BCUT2D eigenvalue weighted by Crippen LogP contribution is 2.08. The first-order chi connectivity index (χ1) is 9.70. The van der Waals surface area contributed by atoms with E-state index in [2.05, 4.69) is 24.1 Å². The molecule has 0 bridgehead atoms. The highest BCUT2D eigenvalue weighted by molar-refractivity contribution is 5.66. The molecule has 0 rings (SSSR count). The monoisotopic (exact) mass is 286 g/mol. The first kappa shape index (κ1) is 19.4. The van der Waals surface area contributed by atoms with Crippen molar-refractivity contribution in [1.29, 1.82) is 0 Å². The molecule has 120 valence electrons. The Kier molecular flexibility index (Phi) is 14.3. The maximum absolute atomic E-state index is 10.3. The van der Waals surface area contributed by atoms with Crippen molar-refractivity contribution in [3.05, 3.63) is 0 Å². The van der Waals surface area contributed by atoms with Crippen molar-refractivity contribution in [3.63, 3.8) is 0 Å². The number of unbranched alkanes of at least 4 members (excludes halogenated alkanes) is 6. The smallest absolute Gasteiger partial charge is 0.303 e. The van der Waals surface area contributed by atoms with E-state index in [1.807, 2.05) is 0 Å². The summed E-state index contributed by atoms with van der Waals surface area (Å²) in [7, 11) is 0. The molecule has 0 spiro atoms. The molecule has 4 nitrogen and oxygen atoms in total. The van der Waals surface area contributed by atoms with Gasteiger partial charge in [-0.2, -0.15) is 0 Å². The molecule has 0 amide bonds. The third-order valence-electron chi connectivity index (χ3n) is 3.74. The zero-order valence-corrected chi connectivity index (χ0v) is 13.5. The number of carbonyl (C=O) groups is 1. The number of carboxylic acids is 1. The van der Waals surface area contributed by atoms with Crippen LogP contribution in [0.15, 0.2) is 0 Å². The van der Waals surface area contributed by atoms with Crippen LogP contribution in [-0.4, -0.2) is 48.7 Å². The van der Waals surface area contributed by atoms with Gasteiger partial charge in [-0.25, -0.2) is 0 Å². The summed E-state index contributed by atoms with van der Waals surface area (Å²) in [6.45, 7) is 10.1. The lowest BCUT2D eigenvalue weighted by Gasteiger charge is -2.17. The fourth-order valence-corrected chi connectivity index (χ4v) is 2.31. The molecule has 0 radical (unpaired) electrons. The highest BCUT2D eigenvalue weighted by Gasteiger charge is 1.98. The molecule has 0 aromatic carbocycles. The number of hydrogen-bond acceptors (Lipinski definition) is 3. The molecule has 0 atom stereocenters. The zero-order chi connectivity index (χ0) is 15.1. The Bertz CT molecular complexity index is 219. The topological polar surface area (TPSA) is 52.6 Å². The van der Waals surface area contributed by atoms with Gasteiger partial charge in [0.15, 0.2) is 0 Å². The van der Waals surface area contributed by atoms with Crippen LogP contribution in [0.3, 0.4) is 0 Å². The fraction of sp³-hybridized carbons (Fsp3) is 0.938. The van der Waals surface area contributed by atoms with Gasteiger partial charge in [0.25, 0.3) is 0 Å². The quantitative estimate of drug-likeness (QED) is 0.454. The second kappa shape index (κ2) is 14.8. The minimum Gasteiger partial charge on any atom is -0.481 e. The third kappa shape index (κ3) is 13.8. The largest absolute Gasteiger partial charge is 0.481 e. The fourth-order valence-electron chi connectivity index (χ4n) is 2.31. The minimum atomic E-state index is -0.666. The van der Waals surface area contributed by atoms with E-state index in [4.69, 9.17) is 5.11 Å². The van der Waals surface area contributed by atoms with Gasteiger partial charge in [0.05, 0.1) is 0 Å². The van der Waals surface area contributed by atoms with Crippen molar-refractivity contribution in [2.75, 3.05) is 32.7 Å². The SMILES string of the molecule is CCN(CC)CCNCCCCCCCCCC(=O)O. The standard InChI is InChI=1S/C16H34N2O2/c1-3-18(4-2)15-14-17-13-11-9-7-5-6-8-10-12-16(19)20/h17H,3-15H2,1-2H3,(H,19,20). The molecule has 2 N–H and O–H groups in total. The maximum atomic E-state index is 10.3. The molecule has 0 aromatic rings. The Morgan fingerprint density at radius 1 is 0.900 bits per heavy atom. The maximum Gasteiger partial charge on any atom is 0.303 e. The van der Waals surface area contributed by atoms with Crippen LogP contribution >= 0.6 is 0 Å². The van der Waals surface area contributed by atoms with Gasteiger partial charge < -0.3 is 15.3 Å². The third-order valence-corrected chi connectivity index (χ3v) is 3.74. The Balaban J connectivity index is 3.08. The van der Waals surface area contributed by atoms with E-state index < -0.39 is 5.97 Å². The summed E-state index contributed by atoms with van der Waals surface area (Å²) in [6, 6.07) is 0. The minimum absolute atomic E-state index is 0.330. The number of carboxylic acid groups (broad SMARTS) is 1. The second-order valence-electron chi connectivity index (χ2n) is 5.40. The van der Waals surface area contributed by atoms with Gasteiger partial charge in [-0.1, -0.05) is 46.0 Å². The molecule has 20 heavy (non-hydrogen) atoms. The lowest BCUT2D eigenvalue weighted by atomic mass is 10.1. The van der Waals surface area contributed by atoms with Crippen molar-refractivity contribution in [2.24, 2.45) is 0 Å². The van der Waals surface area contributed by atoms with Gasteiger partial charge >= 0.3 is 5.97 Å². The lowest BCUT2D eigenvalue weighted by molar-refractivity contribution is -0.137. The average molecular weight is 286 g/mol. The molecular weight excluding hydrogens is 252 g/mol. The molecule has 0 aliphatic carbocycles. The van der Waals surface area contributed by atoms with Crippen LogP contribution in [0, 0.1) is 0 Å². The average Bonchev–Trinajstić information content (AvgIpc) is 2.44. The summed E-state index contributed by atoms with van der Waals surface area (Å²) >= 11 is 0. The predicted molar refractivity (Wildman–Crippen MR) is 85.2 cm³/mol. The van der Waals surface area contributed by atoms with Gasteiger partial charge in [0, 0.05) is 19.5 Å². The molecule has 4 heteroatoms. The predicted octanol–water partition coefficient (Wildman–Crippen LogP) is 3.12. The molecule has 0 unspecified atom stereocenters. The first-order valence-corrected chi connectivity index (χ1v) is 8.35. The molecular formula is C16H34N2O2. The van der Waals surface area contributed by atoms with Gasteiger partial charge in [0.1, 0.15) is 0 Å².